The number of amides is 1. The molecule has 1 amide bonds. The molecule has 4 rings (SSSR count). The van der Waals surface area contributed by atoms with E-state index >= 15 is 0 Å². The van der Waals surface area contributed by atoms with Crippen LogP contribution < -0.4 is 10.6 Å². The number of aromatic nitrogens is 5. The number of carbonyl (C=O) groups is 1. The molecule has 0 unspecified atom stereocenters. The summed E-state index contributed by atoms with van der Waals surface area (Å²) in [6.07, 6.45) is 7.57. The zero-order valence-electron chi connectivity index (χ0n) is 18.0. The maximum atomic E-state index is 12.5. The zero-order valence-corrected chi connectivity index (χ0v) is 18.8. The Bertz CT molecular complexity index is 1230. The van der Waals surface area contributed by atoms with Crippen LogP contribution in [-0.4, -0.2) is 43.4 Å². The lowest BCUT2D eigenvalue weighted by atomic mass is 10.1. The molecule has 0 saturated heterocycles. The highest BCUT2D eigenvalue weighted by atomic mass is 32.2. The summed E-state index contributed by atoms with van der Waals surface area (Å²) in [5, 5.41) is 10.1. The van der Waals surface area contributed by atoms with Gasteiger partial charge in [0.2, 0.25) is 5.95 Å². The number of benzene rings is 1. The first-order valence-electron chi connectivity index (χ1n) is 10.00. The molecule has 164 valence electrons. The predicted molar refractivity (Wildman–Crippen MR) is 123 cm³/mol. The molecule has 0 aliphatic rings. The van der Waals surface area contributed by atoms with Crippen molar-refractivity contribution in [2.75, 3.05) is 18.1 Å². The normalized spacial score (nSPS) is 10.8. The average molecular weight is 450 g/mol. The van der Waals surface area contributed by atoms with Crippen LogP contribution in [0.5, 0.6) is 0 Å². The number of oxazole rings is 1. The van der Waals surface area contributed by atoms with E-state index in [0.29, 0.717) is 23.9 Å². The first-order chi connectivity index (χ1) is 15.5. The summed E-state index contributed by atoms with van der Waals surface area (Å²) in [4.78, 5) is 26.9. The number of aryl methyl sites for hydroxylation is 2. The van der Waals surface area contributed by atoms with Crippen molar-refractivity contribution < 1.29 is 9.21 Å². The van der Waals surface area contributed by atoms with Crippen LogP contribution in [0.15, 0.2) is 58.3 Å². The Morgan fingerprint density at radius 1 is 1.22 bits per heavy atom. The van der Waals surface area contributed by atoms with Gasteiger partial charge in [-0.05, 0) is 36.8 Å². The Hall–Kier alpha value is -3.66. The quantitative estimate of drug-likeness (QED) is 0.393. The van der Waals surface area contributed by atoms with E-state index in [1.165, 1.54) is 16.7 Å². The van der Waals surface area contributed by atoms with Gasteiger partial charge in [-0.2, -0.15) is 5.10 Å². The molecule has 0 fully saturated rings. The summed E-state index contributed by atoms with van der Waals surface area (Å²) in [7, 11) is 1.82. The molecular formula is C22H23N7O2S. The van der Waals surface area contributed by atoms with Gasteiger partial charge in [0, 0.05) is 30.8 Å². The third-order valence-electron chi connectivity index (χ3n) is 4.85. The Kier molecular flexibility index (Phi) is 6.50. The van der Waals surface area contributed by atoms with E-state index < -0.39 is 0 Å². The minimum Gasteiger partial charge on any atom is -0.440 e. The van der Waals surface area contributed by atoms with Crippen molar-refractivity contribution in [2.45, 2.75) is 18.2 Å². The van der Waals surface area contributed by atoms with Gasteiger partial charge in [0.05, 0.1) is 6.20 Å². The number of hydrogen-bond acceptors (Lipinski definition) is 8. The Labute approximate surface area is 189 Å². The van der Waals surface area contributed by atoms with Gasteiger partial charge in [-0.25, -0.2) is 15.0 Å². The minimum absolute atomic E-state index is 0.00249. The number of carbonyl (C=O) groups excluding carboxylic acids is 1. The zero-order chi connectivity index (χ0) is 22.5. The molecule has 0 saturated carbocycles. The second-order valence-corrected chi connectivity index (χ2v) is 7.89. The lowest BCUT2D eigenvalue weighted by Crippen LogP contribution is -2.26. The highest BCUT2D eigenvalue weighted by Crippen LogP contribution is 2.23. The molecule has 2 N–H and O–H groups in total. The molecule has 3 heterocycles. The van der Waals surface area contributed by atoms with Crippen LogP contribution in [0.4, 0.5) is 11.8 Å². The van der Waals surface area contributed by atoms with Crippen LogP contribution in [0.2, 0.25) is 0 Å². The number of nitrogens with zero attached hydrogens (tertiary/aromatic N) is 5. The van der Waals surface area contributed by atoms with Crippen LogP contribution in [0.3, 0.4) is 0 Å². The topological polar surface area (TPSA) is 111 Å². The molecule has 32 heavy (non-hydrogen) atoms. The van der Waals surface area contributed by atoms with Gasteiger partial charge < -0.3 is 15.1 Å². The Morgan fingerprint density at radius 3 is 2.84 bits per heavy atom. The summed E-state index contributed by atoms with van der Waals surface area (Å²) in [5.74, 6) is 0.786. The summed E-state index contributed by atoms with van der Waals surface area (Å²) >= 11 is 1.69. The molecule has 1 aromatic carbocycles. The van der Waals surface area contributed by atoms with Crippen molar-refractivity contribution >= 4 is 29.4 Å². The fraction of sp³-hybridized carbons (Fsp3) is 0.227. The highest BCUT2D eigenvalue weighted by molar-refractivity contribution is 7.98. The second-order valence-electron chi connectivity index (χ2n) is 7.05. The third-order valence-corrected chi connectivity index (χ3v) is 5.68. The second kappa shape index (κ2) is 9.65. The van der Waals surface area contributed by atoms with Crippen LogP contribution in [0.25, 0.3) is 11.4 Å². The summed E-state index contributed by atoms with van der Waals surface area (Å²) < 4.78 is 7.11. The molecule has 9 nitrogen and oxygen atoms in total. The van der Waals surface area contributed by atoms with Gasteiger partial charge in [-0.1, -0.05) is 18.2 Å². The molecule has 0 atom stereocenters. The van der Waals surface area contributed by atoms with E-state index in [-0.39, 0.29) is 11.8 Å². The van der Waals surface area contributed by atoms with Crippen molar-refractivity contribution in [3.63, 3.8) is 0 Å². The third kappa shape index (κ3) is 4.80. The van der Waals surface area contributed by atoms with E-state index in [1.807, 2.05) is 38.4 Å². The number of hydrogen-bond donors (Lipinski definition) is 2. The number of thioether (sulfide) groups is 1. The van der Waals surface area contributed by atoms with E-state index in [4.69, 9.17) is 4.42 Å². The van der Waals surface area contributed by atoms with E-state index in [9.17, 15) is 4.79 Å². The number of anilines is 2. The fourth-order valence-electron chi connectivity index (χ4n) is 3.16. The Morgan fingerprint density at radius 2 is 2.06 bits per heavy atom. The van der Waals surface area contributed by atoms with Crippen molar-refractivity contribution in [3.8, 4) is 11.4 Å². The van der Waals surface area contributed by atoms with E-state index in [0.717, 1.165) is 17.8 Å². The maximum absolute atomic E-state index is 12.5. The van der Waals surface area contributed by atoms with Crippen LogP contribution in [-0.2, 0) is 13.5 Å². The molecule has 0 aliphatic heterocycles. The minimum atomic E-state index is -0.363. The summed E-state index contributed by atoms with van der Waals surface area (Å²) in [6.45, 7) is 2.36. The smallest absolute Gasteiger partial charge is 0.307 e. The molecule has 10 heteroatoms. The van der Waals surface area contributed by atoms with Gasteiger partial charge >= 0.3 is 5.91 Å². The first-order valence-corrected chi connectivity index (χ1v) is 11.2. The molecule has 4 aromatic rings. The first kappa shape index (κ1) is 21.6. The molecule has 0 radical (unpaired) electrons. The van der Waals surface area contributed by atoms with Crippen molar-refractivity contribution in [1.29, 1.82) is 0 Å². The molecule has 0 aliphatic carbocycles. The number of nitrogens with one attached hydrogen (secondary N) is 2. The molecule has 3 aromatic heterocycles. The molecule has 0 bridgehead atoms. The van der Waals surface area contributed by atoms with E-state index in [1.54, 1.807) is 28.8 Å². The van der Waals surface area contributed by atoms with Crippen molar-refractivity contribution in [3.05, 3.63) is 66.0 Å². The standard InChI is InChI=1S/C22H23N7O2S/c1-14-12-24-22(27-18-9-11-25-29(18)2)28-19(14)16-13-31-21(26-16)20(30)23-10-8-15-6-4-5-7-17(15)32-3/h4-7,9,11-13H,8,10H2,1-3H3,(H,23,30)(H,24,27,28). The predicted octanol–water partition coefficient (Wildman–Crippen LogP) is 3.61. The van der Waals surface area contributed by atoms with Gasteiger partial charge in [-0.3, -0.25) is 9.48 Å². The summed E-state index contributed by atoms with van der Waals surface area (Å²) in [6, 6.07) is 9.96. The van der Waals surface area contributed by atoms with E-state index in [2.05, 4.69) is 42.8 Å². The van der Waals surface area contributed by atoms with Crippen LogP contribution in [0.1, 0.15) is 21.8 Å². The molecule has 0 spiro atoms. The SMILES string of the molecule is CSc1ccccc1CCNC(=O)c1nc(-c2nc(Nc3ccnn3C)ncc2C)co1. The van der Waals surface area contributed by atoms with Gasteiger partial charge in [0.25, 0.3) is 5.89 Å². The Balaban J connectivity index is 1.43. The highest BCUT2D eigenvalue weighted by Gasteiger charge is 2.17. The lowest BCUT2D eigenvalue weighted by Gasteiger charge is -2.07. The van der Waals surface area contributed by atoms with Crippen LogP contribution >= 0.6 is 11.8 Å². The van der Waals surface area contributed by atoms with Gasteiger partial charge in [0.15, 0.2) is 0 Å². The van der Waals surface area contributed by atoms with Crippen LogP contribution in [0, 0.1) is 6.92 Å². The maximum Gasteiger partial charge on any atom is 0.307 e. The van der Waals surface area contributed by atoms with Crippen molar-refractivity contribution in [1.82, 2.24) is 30.0 Å². The largest absolute Gasteiger partial charge is 0.440 e. The number of rotatable bonds is 8. The average Bonchev–Trinajstić information content (AvgIpc) is 3.45. The fourth-order valence-corrected chi connectivity index (χ4v) is 3.80. The van der Waals surface area contributed by atoms with Crippen molar-refractivity contribution in [2.24, 2.45) is 7.05 Å². The van der Waals surface area contributed by atoms with Gasteiger partial charge in [-0.15, -0.1) is 11.8 Å². The summed E-state index contributed by atoms with van der Waals surface area (Å²) in [5.41, 5.74) is 3.06. The lowest BCUT2D eigenvalue weighted by molar-refractivity contribution is 0.0919. The monoisotopic (exact) mass is 449 g/mol. The van der Waals surface area contributed by atoms with Gasteiger partial charge in [0.1, 0.15) is 23.5 Å². The molecular weight excluding hydrogens is 426 g/mol.